The van der Waals surface area contributed by atoms with Crippen molar-refractivity contribution in [3.8, 4) is 11.5 Å². The number of ether oxygens (including phenoxy) is 3. The van der Waals surface area contributed by atoms with Gasteiger partial charge in [-0.1, -0.05) is 0 Å². The average Bonchev–Trinajstić information content (AvgIpc) is 2.45. The molecule has 1 saturated heterocycles. The van der Waals surface area contributed by atoms with E-state index in [1.54, 1.807) is 20.3 Å². The standard InChI is InChI=1S/C16H25NO4/c1-11-8-17(9-12(2)21-11)10-15(18)14-6-5-13(19-3)7-16(14)20-4/h5-7,11-12,15,18H,8-10H2,1-4H3/t11-,12+,15?. The summed E-state index contributed by atoms with van der Waals surface area (Å²) in [6.45, 7) is 6.35. The molecule has 21 heavy (non-hydrogen) atoms. The molecule has 1 aliphatic heterocycles. The number of hydrogen-bond donors (Lipinski definition) is 1. The van der Waals surface area contributed by atoms with Crippen LogP contribution in [-0.4, -0.2) is 56.1 Å². The van der Waals surface area contributed by atoms with Crippen LogP contribution in [0.25, 0.3) is 0 Å². The minimum atomic E-state index is -0.594. The normalized spacial score (nSPS) is 24.6. The van der Waals surface area contributed by atoms with Crippen LogP contribution in [0.2, 0.25) is 0 Å². The van der Waals surface area contributed by atoms with Crippen molar-refractivity contribution in [3.05, 3.63) is 23.8 Å². The molecule has 1 aromatic carbocycles. The van der Waals surface area contributed by atoms with E-state index in [1.807, 2.05) is 12.1 Å². The first-order chi connectivity index (χ1) is 10.0. The van der Waals surface area contributed by atoms with Gasteiger partial charge in [0.25, 0.3) is 0 Å². The van der Waals surface area contributed by atoms with E-state index in [0.717, 1.165) is 24.4 Å². The van der Waals surface area contributed by atoms with Crippen LogP contribution in [0.3, 0.4) is 0 Å². The number of β-amino-alcohol motifs (C(OH)–C–C–N with tert-alkyl or cyclic N) is 1. The van der Waals surface area contributed by atoms with Crippen LogP contribution in [0.4, 0.5) is 0 Å². The van der Waals surface area contributed by atoms with Crippen LogP contribution >= 0.6 is 0 Å². The Morgan fingerprint density at radius 2 is 1.90 bits per heavy atom. The summed E-state index contributed by atoms with van der Waals surface area (Å²) in [5.74, 6) is 1.37. The van der Waals surface area contributed by atoms with Gasteiger partial charge in [-0.2, -0.15) is 0 Å². The van der Waals surface area contributed by atoms with E-state index in [1.165, 1.54) is 0 Å². The van der Waals surface area contributed by atoms with Crippen molar-refractivity contribution < 1.29 is 19.3 Å². The summed E-state index contributed by atoms with van der Waals surface area (Å²) < 4.78 is 16.3. The third kappa shape index (κ3) is 4.09. The minimum Gasteiger partial charge on any atom is -0.497 e. The predicted octanol–water partition coefficient (Wildman–Crippen LogP) is 1.85. The van der Waals surface area contributed by atoms with Gasteiger partial charge in [-0.3, -0.25) is 4.90 Å². The summed E-state index contributed by atoms with van der Waals surface area (Å²) in [5.41, 5.74) is 0.782. The van der Waals surface area contributed by atoms with Crippen molar-refractivity contribution in [2.75, 3.05) is 33.9 Å². The van der Waals surface area contributed by atoms with Crippen molar-refractivity contribution in [3.63, 3.8) is 0 Å². The van der Waals surface area contributed by atoms with Gasteiger partial charge < -0.3 is 19.3 Å². The second kappa shape index (κ2) is 7.11. The van der Waals surface area contributed by atoms with Gasteiger partial charge in [-0.25, -0.2) is 0 Å². The highest BCUT2D eigenvalue weighted by molar-refractivity contribution is 5.42. The van der Waals surface area contributed by atoms with Crippen molar-refractivity contribution in [1.82, 2.24) is 4.90 Å². The largest absolute Gasteiger partial charge is 0.497 e. The van der Waals surface area contributed by atoms with Crippen LogP contribution in [0.1, 0.15) is 25.5 Å². The van der Waals surface area contributed by atoms with Gasteiger partial charge in [-0.15, -0.1) is 0 Å². The molecule has 1 N–H and O–H groups in total. The number of benzene rings is 1. The number of aliphatic hydroxyl groups excluding tert-OH is 1. The van der Waals surface area contributed by atoms with Crippen LogP contribution in [0, 0.1) is 0 Å². The van der Waals surface area contributed by atoms with Gasteiger partial charge in [0.2, 0.25) is 0 Å². The fourth-order valence-electron chi connectivity index (χ4n) is 2.87. The first-order valence-electron chi connectivity index (χ1n) is 7.31. The molecule has 0 aliphatic carbocycles. The van der Waals surface area contributed by atoms with Gasteiger partial charge in [0.05, 0.1) is 32.5 Å². The highest BCUT2D eigenvalue weighted by Crippen LogP contribution is 2.30. The lowest BCUT2D eigenvalue weighted by Gasteiger charge is -2.36. The molecule has 1 aromatic rings. The number of rotatable bonds is 5. The minimum absolute atomic E-state index is 0.193. The Hall–Kier alpha value is -1.30. The Kier molecular flexibility index (Phi) is 5.45. The third-order valence-electron chi connectivity index (χ3n) is 3.73. The Labute approximate surface area is 126 Å². The molecule has 0 spiro atoms. The SMILES string of the molecule is COc1ccc(C(O)CN2C[C@@H](C)O[C@@H](C)C2)c(OC)c1. The van der Waals surface area contributed by atoms with Gasteiger partial charge in [0.1, 0.15) is 11.5 Å². The quantitative estimate of drug-likeness (QED) is 0.898. The van der Waals surface area contributed by atoms with Crippen LogP contribution in [0.5, 0.6) is 11.5 Å². The Bertz CT molecular complexity index is 456. The van der Waals surface area contributed by atoms with E-state index < -0.39 is 6.10 Å². The second-order valence-electron chi connectivity index (χ2n) is 5.60. The average molecular weight is 295 g/mol. The van der Waals surface area contributed by atoms with Crippen LogP contribution in [0.15, 0.2) is 18.2 Å². The summed E-state index contributed by atoms with van der Waals surface area (Å²) in [6, 6.07) is 5.49. The molecule has 0 saturated carbocycles. The van der Waals surface area contributed by atoms with Crippen LogP contribution < -0.4 is 9.47 Å². The van der Waals surface area contributed by atoms with Gasteiger partial charge in [0, 0.05) is 31.3 Å². The lowest BCUT2D eigenvalue weighted by Crippen LogP contribution is -2.46. The summed E-state index contributed by atoms with van der Waals surface area (Å²) in [6.07, 6.45) is -0.208. The number of aliphatic hydroxyl groups is 1. The van der Waals surface area contributed by atoms with E-state index in [-0.39, 0.29) is 12.2 Å². The molecule has 0 aromatic heterocycles. The van der Waals surface area contributed by atoms with E-state index in [9.17, 15) is 5.11 Å². The number of nitrogens with zero attached hydrogens (tertiary/aromatic N) is 1. The topological polar surface area (TPSA) is 51.2 Å². The molecule has 5 nitrogen and oxygen atoms in total. The Morgan fingerprint density at radius 3 is 2.48 bits per heavy atom. The fourth-order valence-corrected chi connectivity index (χ4v) is 2.87. The summed E-state index contributed by atoms with van der Waals surface area (Å²) in [7, 11) is 3.21. The van der Waals surface area contributed by atoms with Crippen molar-refractivity contribution in [1.29, 1.82) is 0 Å². The smallest absolute Gasteiger partial charge is 0.128 e. The first-order valence-corrected chi connectivity index (χ1v) is 7.31. The molecule has 118 valence electrons. The fraction of sp³-hybridized carbons (Fsp3) is 0.625. The lowest BCUT2D eigenvalue weighted by atomic mass is 10.1. The van der Waals surface area contributed by atoms with Gasteiger partial charge in [-0.05, 0) is 26.0 Å². The molecular formula is C16H25NO4. The van der Waals surface area contributed by atoms with E-state index >= 15 is 0 Å². The molecule has 0 radical (unpaired) electrons. The summed E-state index contributed by atoms with van der Waals surface area (Å²) in [4.78, 5) is 2.23. The molecule has 1 fully saturated rings. The molecule has 1 heterocycles. The van der Waals surface area contributed by atoms with Crippen molar-refractivity contribution in [2.24, 2.45) is 0 Å². The zero-order valence-corrected chi connectivity index (χ0v) is 13.2. The maximum absolute atomic E-state index is 10.5. The van der Waals surface area contributed by atoms with E-state index in [4.69, 9.17) is 14.2 Å². The van der Waals surface area contributed by atoms with Crippen LogP contribution in [-0.2, 0) is 4.74 Å². The summed E-state index contributed by atoms with van der Waals surface area (Å²) >= 11 is 0. The number of methoxy groups -OCH3 is 2. The molecule has 0 bridgehead atoms. The van der Waals surface area contributed by atoms with E-state index in [0.29, 0.717) is 12.3 Å². The molecule has 0 amide bonds. The lowest BCUT2D eigenvalue weighted by molar-refractivity contribution is -0.0768. The molecular weight excluding hydrogens is 270 g/mol. The molecule has 3 atom stereocenters. The highest BCUT2D eigenvalue weighted by Gasteiger charge is 2.25. The summed E-state index contributed by atoms with van der Waals surface area (Å²) in [5, 5.41) is 10.5. The number of hydrogen-bond acceptors (Lipinski definition) is 5. The molecule has 5 heteroatoms. The monoisotopic (exact) mass is 295 g/mol. The number of morpholine rings is 1. The predicted molar refractivity (Wildman–Crippen MR) is 81.0 cm³/mol. The van der Waals surface area contributed by atoms with Crippen molar-refractivity contribution >= 4 is 0 Å². The zero-order valence-electron chi connectivity index (χ0n) is 13.2. The highest BCUT2D eigenvalue weighted by atomic mass is 16.5. The maximum Gasteiger partial charge on any atom is 0.128 e. The van der Waals surface area contributed by atoms with Crippen molar-refractivity contribution in [2.45, 2.75) is 32.2 Å². The molecule has 1 unspecified atom stereocenters. The Morgan fingerprint density at radius 1 is 1.24 bits per heavy atom. The van der Waals surface area contributed by atoms with Gasteiger partial charge >= 0.3 is 0 Å². The van der Waals surface area contributed by atoms with E-state index in [2.05, 4.69) is 18.7 Å². The maximum atomic E-state index is 10.5. The second-order valence-corrected chi connectivity index (χ2v) is 5.60. The Balaban J connectivity index is 2.07. The molecule has 2 rings (SSSR count). The molecule has 1 aliphatic rings. The third-order valence-corrected chi connectivity index (χ3v) is 3.73. The van der Waals surface area contributed by atoms with Gasteiger partial charge in [0.15, 0.2) is 0 Å². The first kappa shape index (κ1) is 16.1. The zero-order chi connectivity index (χ0) is 15.4.